The summed E-state index contributed by atoms with van der Waals surface area (Å²) in [7, 11) is 3.59. The van der Waals surface area contributed by atoms with Gasteiger partial charge >= 0.3 is 0 Å². The van der Waals surface area contributed by atoms with Crippen molar-refractivity contribution in [2.75, 3.05) is 27.4 Å². The maximum atomic E-state index is 5.92. The molecule has 0 spiro atoms. The zero-order valence-corrected chi connectivity index (χ0v) is 19.1. The first-order valence-electron chi connectivity index (χ1n) is 10.2. The molecule has 0 bridgehead atoms. The summed E-state index contributed by atoms with van der Waals surface area (Å²) in [5.74, 6) is 0.827. The zero-order chi connectivity index (χ0) is 21.8. The van der Waals surface area contributed by atoms with Gasteiger partial charge in [-0.1, -0.05) is 42.5 Å². The lowest BCUT2D eigenvalue weighted by Crippen LogP contribution is -2.30. The Morgan fingerprint density at radius 1 is 1.07 bits per heavy atom. The quantitative estimate of drug-likeness (QED) is 0.284. The number of ether oxygens (including phenoxy) is 3. The van der Waals surface area contributed by atoms with E-state index < -0.39 is 6.29 Å². The Labute approximate surface area is 176 Å². The number of nitrogens with one attached hydrogen (secondary N) is 1. The van der Waals surface area contributed by atoms with Gasteiger partial charge in [0, 0.05) is 20.3 Å². The summed E-state index contributed by atoms with van der Waals surface area (Å²) in [6, 6.07) is 10.4. The molecule has 4 nitrogen and oxygen atoms in total. The lowest BCUT2D eigenvalue weighted by atomic mass is 9.91. The SMILES string of the molecule is C=C(C)C(=C\C(OC)=C(C)C)/C(Cc1ccccc1)=C(\NC)C(OCC)OCC. The van der Waals surface area contributed by atoms with Crippen LogP contribution in [0.25, 0.3) is 0 Å². The van der Waals surface area contributed by atoms with Gasteiger partial charge in [-0.05, 0) is 69.4 Å². The average molecular weight is 400 g/mol. The third-order valence-electron chi connectivity index (χ3n) is 4.46. The lowest BCUT2D eigenvalue weighted by molar-refractivity contribution is -0.114. The Morgan fingerprint density at radius 3 is 2.07 bits per heavy atom. The lowest BCUT2D eigenvalue weighted by Gasteiger charge is -2.26. The van der Waals surface area contributed by atoms with Crippen LogP contribution in [-0.2, 0) is 20.6 Å². The van der Waals surface area contributed by atoms with Gasteiger partial charge in [-0.2, -0.15) is 0 Å². The van der Waals surface area contributed by atoms with Gasteiger partial charge in [-0.25, -0.2) is 0 Å². The first kappa shape index (κ1) is 24.7. The van der Waals surface area contributed by atoms with Crippen molar-refractivity contribution >= 4 is 0 Å². The van der Waals surface area contributed by atoms with E-state index in [1.807, 2.05) is 47.7 Å². The number of allylic oxidation sites excluding steroid dienone is 5. The van der Waals surface area contributed by atoms with Gasteiger partial charge in [0.2, 0.25) is 0 Å². The van der Waals surface area contributed by atoms with Crippen LogP contribution in [0.15, 0.2) is 76.7 Å². The average Bonchev–Trinajstić information content (AvgIpc) is 2.69. The van der Waals surface area contributed by atoms with Crippen molar-refractivity contribution in [1.29, 1.82) is 0 Å². The standard InChI is InChI=1S/C25H37NO3/c1-9-28-25(29-10-2)24(26-7)22(16-20-14-12-11-13-15-20)21(18(3)4)17-23(27-8)19(5)6/h11-15,17,25-26H,3,9-10,16H2,1-2,4-8H3/b21-17+,24-22-. The van der Waals surface area contributed by atoms with Gasteiger partial charge < -0.3 is 19.5 Å². The first-order chi connectivity index (χ1) is 13.9. The number of benzene rings is 1. The van der Waals surface area contributed by atoms with E-state index in [2.05, 4.69) is 42.2 Å². The van der Waals surface area contributed by atoms with E-state index >= 15 is 0 Å². The summed E-state index contributed by atoms with van der Waals surface area (Å²) < 4.78 is 17.5. The van der Waals surface area contributed by atoms with Crippen LogP contribution in [0, 0.1) is 0 Å². The van der Waals surface area contributed by atoms with Crippen LogP contribution in [0.1, 0.15) is 40.2 Å². The molecular weight excluding hydrogens is 362 g/mol. The van der Waals surface area contributed by atoms with Crippen LogP contribution >= 0.6 is 0 Å². The second-order valence-corrected chi connectivity index (χ2v) is 6.95. The fourth-order valence-corrected chi connectivity index (χ4v) is 3.07. The predicted octanol–water partition coefficient (Wildman–Crippen LogP) is 5.54. The molecule has 0 aliphatic carbocycles. The molecule has 0 aliphatic rings. The molecule has 0 saturated carbocycles. The minimum atomic E-state index is -0.478. The molecule has 1 aromatic carbocycles. The Bertz CT molecular complexity index is 735. The molecule has 0 aromatic heterocycles. The molecule has 0 fully saturated rings. The van der Waals surface area contributed by atoms with Gasteiger partial charge in [-0.15, -0.1) is 0 Å². The third-order valence-corrected chi connectivity index (χ3v) is 4.46. The van der Waals surface area contributed by atoms with Crippen molar-refractivity contribution in [1.82, 2.24) is 5.32 Å². The van der Waals surface area contributed by atoms with Crippen molar-refractivity contribution in [3.05, 3.63) is 82.3 Å². The van der Waals surface area contributed by atoms with Gasteiger partial charge in [0.05, 0.1) is 12.8 Å². The van der Waals surface area contributed by atoms with Crippen molar-refractivity contribution in [3.63, 3.8) is 0 Å². The van der Waals surface area contributed by atoms with Crippen molar-refractivity contribution < 1.29 is 14.2 Å². The number of rotatable bonds is 12. The minimum absolute atomic E-state index is 0.478. The number of likely N-dealkylation sites (N-methyl/N-ethyl adjacent to an activating group) is 1. The summed E-state index contributed by atoms with van der Waals surface area (Å²) >= 11 is 0. The molecule has 0 unspecified atom stereocenters. The maximum Gasteiger partial charge on any atom is 0.198 e. The van der Waals surface area contributed by atoms with Crippen LogP contribution in [0.4, 0.5) is 0 Å². The molecule has 0 saturated heterocycles. The van der Waals surface area contributed by atoms with E-state index in [1.165, 1.54) is 5.56 Å². The highest BCUT2D eigenvalue weighted by Gasteiger charge is 2.22. The second kappa shape index (κ2) is 13.0. The van der Waals surface area contributed by atoms with Crippen molar-refractivity contribution in [2.45, 2.75) is 47.3 Å². The van der Waals surface area contributed by atoms with Gasteiger partial charge in [0.25, 0.3) is 0 Å². The van der Waals surface area contributed by atoms with Gasteiger partial charge in [-0.3, -0.25) is 0 Å². The summed E-state index contributed by atoms with van der Waals surface area (Å²) in [5, 5.41) is 3.34. The second-order valence-electron chi connectivity index (χ2n) is 6.95. The van der Waals surface area contributed by atoms with E-state index in [-0.39, 0.29) is 0 Å². The van der Waals surface area contributed by atoms with E-state index in [1.54, 1.807) is 7.11 Å². The number of hydrogen-bond acceptors (Lipinski definition) is 4. The predicted molar refractivity (Wildman–Crippen MR) is 122 cm³/mol. The first-order valence-corrected chi connectivity index (χ1v) is 10.2. The van der Waals surface area contributed by atoms with E-state index in [9.17, 15) is 0 Å². The van der Waals surface area contributed by atoms with E-state index in [0.29, 0.717) is 19.6 Å². The Kier molecular flexibility index (Phi) is 11.1. The molecule has 0 atom stereocenters. The topological polar surface area (TPSA) is 39.7 Å². The normalized spacial score (nSPS) is 12.5. The highest BCUT2D eigenvalue weighted by atomic mass is 16.7. The van der Waals surface area contributed by atoms with Crippen molar-refractivity contribution in [3.8, 4) is 0 Å². The van der Waals surface area contributed by atoms with Crippen LogP contribution in [0.3, 0.4) is 0 Å². The molecule has 29 heavy (non-hydrogen) atoms. The maximum absolute atomic E-state index is 5.92. The van der Waals surface area contributed by atoms with E-state index in [4.69, 9.17) is 14.2 Å². The van der Waals surface area contributed by atoms with Crippen LogP contribution in [0.2, 0.25) is 0 Å². The highest BCUT2D eigenvalue weighted by Crippen LogP contribution is 2.29. The minimum Gasteiger partial charge on any atom is -0.497 e. The molecule has 0 aliphatic heterocycles. The molecule has 160 valence electrons. The monoisotopic (exact) mass is 399 g/mol. The van der Waals surface area contributed by atoms with Crippen molar-refractivity contribution in [2.24, 2.45) is 0 Å². The summed E-state index contributed by atoms with van der Waals surface area (Å²) in [6.45, 7) is 15.4. The molecule has 1 aromatic rings. The zero-order valence-electron chi connectivity index (χ0n) is 19.1. The third kappa shape index (κ3) is 7.56. The fourth-order valence-electron chi connectivity index (χ4n) is 3.07. The van der Waals surface area contributed by atoms with Crippen LogP contribution in [-0.4, -0.2) is 33.7 Å². The highest BCUT2D eigenvalue weighted by molar-refractivity contribution is 5.52. The summed E-state index contributed by atoms with van der Waals surface area (Å²) in [6.07, 6.45) is 2.29. The number of methoxy groups -OCH3 is 1. The molecule has 1 N–H and O–H groups in total. The summed E-state index contributed by atoms with van der Waals surface area (Å²) in [5.41, 5.74) is 6.24. The van der Waals surface area contributed by atoms with Crippen LogP contribution < -0.4 is 5.32 Å². The van der Waals surface area contributed by atoms with E-state index in [0.717, 1.165) is 33.7 Å². The molecule has 0 heterocycles. The molecule has 4 heteroatoms. The largest absolute Gasteiger partial charge is 0.497 e. The van der Waals surface area contributed by atoms with Gasteiger partial charge in [0.1, 0.15) is 5.76 Å². The molecule has 0 radical (unpaired) electrons. The summed E-state index contributed by atoms with van der Waals surface area (Å²) in [4.78, 5) is 0. The Hall–Kier alpha value is -2.30. The van der Waals surface area contributed by atoms with Crippen LogP contribution in [0.5, 0.6) is 0 Å². The number of hydrogen-bond donors (Lipinski definition) is 1. The molecule has 0 amide bonds. The van der Waals surface area contributed by atoms with Gasteiger partial charge in [0.15, 0.2) is 6.29 Å². The molecular formula is C25H37NO3. The smallest absolute Gasteiger partial charge is 0.198 e. The molecule has 1 rings (SSSR count). The Balaban J connectivity index is 3.72. The Morgan fingerprint density at radius 2 is 1.66 bits per heavy atom. The fraction of sp³-hybridized carbons (Fsp3) is 0.440.